The summed E-state index contributed by atoms with van der Waals surface area (Å²) in [6.07, 6.45) is 4.29. The predicted octanol–water partition coefficient (Wildman–Crippen LogP) is 2.71. The zero-order chi connectivity index (χ0) is 8.91. The summed E-state index contributed by atoms with van der Waals surface area (Å²) in [4.78, 5) is 0. The van der Waals surface area contributed by atoms with Crippen molar-refractivity contribution in [3.05, 3.63) is 37.5 Å². The molecule has 0 aliphatic heterocycles. The normalized spacial score (nSPS) is 15.1. The molecule has 1 heteroatoms. The van der Waals surface area contributed by atoms with Gasteiger partial charge in [-0.05, 0) is 12.5 Å². The van der Waals surface area contributed by atoms with Crippen molar-refractivity contribution >= 4 is 0 Å². The Morgan fingerprint density at radius 3 is 2.18 bits per heavy atom. The average molecular weight is 152 g/mol. The maximum Gasteiger partial charge on any atom is 0.109 e. The quantitative estimate of drug-likeness (QED) is 0.550. The summed E-state index contributed by atoms with van der Waals surface area (Å²) in [5, 5.41) is 0. The number of hydrogen-bond donors (Lipinski definition) is 0. The van der Waals surface area contributed by atoms with Gasteiger partial charge in [0.25, 0.3) is 0 Å². The molecule has 62 valence electrons. The molecule has 0 bridgehead atoms. The van der Waals surface area contributed by atoms with E-state index < -0.39 is 5.60 Å². The summed E-state index contributed by atoms with van der Waals surface area (Å²) in [6, 6.07) is 0. The summed E-state index contributed by atoms with van der Waals surface area (Å²) in [7, 11) is 1.65. The average Bonchev–Trinajstić information content (AvgIpc) is 2.00. The molecule has 0 aliphatic rings. The monoisotopic (exact) mass is 152 g/mol. The molecule has 1 atom stereocenters. The van der Waals surface area contributed by atoms with Crippen LogP contribution in [0.1, 0.15) is 13.3 Å². The molecule has 0 aromatic carbocycles. The highest BCUT2D eigenvalue weighted by Gasteiger charge is 2.24. The molecular weight excluding hydrogens is 136 g/mol. The third-order valence-corrected chi connectivity index (χ3v) is 1.86. The van der Waals surface area contributed by atoms with Crippen molar-refractivity contribution in [2.75, 3.05) is 7.11 Å². The van der Waals surface area contributed by atoms with Crippen LogP contribution < -0.4 is 0 Å². The summed E-state index contributed by atoms with van der Waals surface area (Å²) >= 11 is 0. The van der Waals surface area contributed by atoms with E-state index in [0.717, 1.165) is 12.0 Å². The molecule has 0 heterocycles. The van der Waals surface area contributed by atoms with Crippen molar-refractivity contribution in [3.8, 4) is 0 Å². The van der Waals surface area contributed by atoms with E-state index >= 15 is 0 Å². The number of rotatable bonds is 5. The van der Waals surface area contributed by atoms with Crippen LogP contribution in [0.3, 0.4) is 0 Å². The summed E-state index contributed by atoms with van der Waals surface area (Å²) in [5.41, 5.74) is 0.539. The molecule has 0 rings (SSSR count). The van der Waals surface area contributed by atoms with Crippen LogP contribution in [-0.2, 0) is 4.74 Å². The molecule has 0 fully saturated rings. The fraction of sp³-hybridized carbons (Fsp3) is 0.400. The Balaban J connectivity index is 4.58. The maximum absolute atomic E-state index is 5.30. The molecule has 0 saturated heterocycles. The van der Waals surface area contributed by atoms with Gasteiger partial charge in [-0.25, -0.2) is 0 Å². The molecule has 0 spiro atoms. The van der Waals surface area contributed by atoms with Gasteiger partial charge in [0.15, 0.2) is 0 Å². The standard InChI is InChI=1S/C10H16O/c1-6-8-10(7-2,11-5)9(3)4/h6-7H,1-3,8H2,4-5H3. The Bertz CT molecular complexity index is 170. The van der Waals surface area contributed by atoms with Gasteiger partial charge in [-0.3, -0.25) is 0 Å². The van der Waals surface area contributed by atoms with Gasteiger partial charge < -0.3 is 4.74 Å². The molecule has 0 saturated carbocycles. The second kappa shape index (κ2) is 4.14. The van der Waals surface area contributed by atoms with Crippen molar-refractivity contribution in [1.82, 2.24) is 0 Å². The smallest absolute Gasteiger partial charge is 0.109 e. The van der Waals surface area contributed by atoms with E-state index in [2.05, 4.69) is 19.7 Å². The lowest BCUT2D eigenvalue weighted by molar-refractivity contribution is 0.0673. The topological polar surface area (TPSA) is 9.23 Å². The maximum atomic E-state index is 5.30. The lowest BCUT2D eigenvalue weighted by Gasteiger charge is -2.28. The molecule has 11 heavy (non-hydrogen) atoms. The number of hydrogen-bond acceptors (Lipinski definition) is 1. The first-order valence-corrected chi connectivity index (χ1v) is 3.58. The van der Waals surface area contributed by atoms with Gasteiger partial charge in [0.05, 0.1) is 0 Å². The van der Waals surface area contributed by atoms with E-state index in [1.807, 2.05) is 6.92 Å². The van der Waals surface area contributed by atoms with Gasteiger partial charge in [0, 0.05) is 13.5 Å². The Kier molecular flexibility index (Phi) is 3.83. The van der Waals surface area contributed by atoms with Gasteiger partial charge in [0.2, 0.25) is 0 Å². The van der Waals surface area contributed by atoms with Gasteiger partial charge in [-0.2, -0.15) is 0 Å². The van der Waals surface area contributed by atoms with Crippen molar-refractivity contribution in [1.29, 1.82) is 0 Å². The fourth-order valence-corrected chi connectivity index (χ4v) is 0.987. The molecule has 1 unspecified atom stereocenters. The predicted molar refractivity (Wildman–Crippen MR) is 49.6 cm³/mol. The Hall–Kier alpha value is -0.820. The molecule has 0 amide bonds. The third kappa shape index (κ3) is 2.05. The van der Waals surface area contributed by atoms with Crippen LogP contribution in [-0.4, -0.2) is 12.7 Å². The Labute approximate surface area is 69.1 Å². The SMILES string of the molecule is C=CCC(C=C)(OC)C(=C)C. The minimum atomic E-state index is -0.415. The van der Waals surface area contributed by atoms with E-state index in [0.29, 0.717) is 0 Å². The highest BCUT2D eigenvalue weighted by atomic mass is 16.5. The highest BCUT2D eigenvalue weighted by molar-refractivity contribution is 5.21. The molecule has 0 aromatic rings. The molecular formula is C10H16O. The van der Waals surface area contributed by atoms with Crippen molar-refractivity contribution < 1.29 is 4.74 Å². The largest absolute Gasteiger partial charge is 0.369 e. The fourth-order valence-electron chi connectivity index (χ4n) is 0.987. The minimum Gasteiger partial charge on any atom is -0.369 e. The van der Waals surface area contributed by atoms with Crippen LogP contribution >= 0.6 is 0 Å². The number of methoxy groups -OCH3 is 1. The number of ether oxygens (including phenoxy) is 1. The van der Waals surface area contributed by atoms with Gasteiger partial charge in [0.1, 0.15) is 5.60 Å². The van der Waals surface area contributed by atoms with Gasteiger partial charge >= 0.3 is 0 Å². The van der Waals surface area contributed by atoms with Crippen LogP contribution in [0.5, 0.6) is 0 Å². The summed E-state index contributed by atoms with van der Waals surface area (Å²) in [5.74, 6) is 0. The summed E-state index contributed by atoms with van der Waals surface area (Å²) < 4.78 is 5.30. The second-order valence-corrected chi connectivity index (χ2v) is 2.57. The molecule has 0 radical (unpaired) electrons. The molecule has 0 aliphatic carbocycles. The van der Waals surface area contributed by atoms with Crippen LogP contribution in [0.4, 0.5) is 0 Å². The minimum absolute atomic E-state index is 0.415. The molecule has 0 N–H and O–H groups in total. The van der Waals surface area contributed by atoms with Gasteiger partial charge in [-0.15, -0.1) is 6.58 Å². The lowest BCUT2D eigenvalue weighted by Crippen LogP contribution is -2.28. The molecule has 1 nitrogen and oxygen atoms in total. The Morgan fingerprint density at radius 1 is 1.55 bits per heavy atom. The van der Waals surface area contributed by atoms with Crippen molar-refractivity contribution in [2.24, 2.45) is 0 Å². The van der Waals surface area contributed by atoms with E-state index in [-0.39, 0.29) is 0 Å². The third-order valence-electron chi connectivity index (χ3n) is 1.86. The molecule has 0 aromatic heterocycles. The Morgan fingerprint density at radius 2 is 2.09 bits per heavy atom. The van der Waals surface area contributed by atoms with Crippen molar-refractivity contribution in [3.63, 3.8) is 0 Å². The van der Waals surface area contributed by atoms with Crippen LogP contribution in [0.2, 0.25) is 0 Å². The zero-order valence-corrected chi connectivity index (χ0v) is 7.39. The lowest BCUT2D eigenvalue weighted by atomic mass is 9.92. The first-order chi connectivity index (χ1) is 5.13. The van der Waals surface area contributed by atoms with Crippen molar-refractivity contribution in [2.45, 2.75) is 18.9 Å². The van der Waals surface area contributed by atoms with E-state index in [1.165, 1.54) is 0 Å². The first-order valence-electron chi connectivity index (χ1n) is 3.58. The second-order valence-electron chi connectivity index (χ2n) is 2.57. The highest BCUT2D eigenvalue weighted by Crippen LogP contribution is 2.24. The van der Waals surface area contributed by atoms with E-state index in [1.54, 1.807) is 19.3 Å². The van der Waals surface area contributed by atoms with Crippen LogP contribution in [0, 0.1) is 0 Å². The van der Waals surface area contributed by atoms with Gasteiger partial charge in [-0.1, -0.05) is 25.3 Å². The van der Waals surface area contributed by atoms with Crippen LogP contribution in [0.25, 0.3) is 0 Å². The van der Waals surface area contributed by atoms with E-state index in [4.69, 9.17) is 4.74 Å². The summed E-state index contributed by atoms with van der Waals surface area (Å²) in [6.45, 7) is 13.1. The first kappa shape index (κ1) is 10.2. The zero-order valence-electron chi connectivity index (χ0n) is 7.39. The van der Waals surface area contributed by atoms with Crippen LogP contribution in [0.15, 0.2) is 37.5 Å². The van der Waals surface area contributed by atoms with E-state index in [9.17, 15) is 0 Å².